The third kappa shape index (κ3) is 8.26. The maximum atomic E-state index is 13.2. The average molecular weight is 510 g/mol. The number of carbonyl (C=O) groups excluding carboxylic acids is 2. The van der Waals surface area contributed by atoms with E-state index in [1.54, 1.807) is 11.0 Å². The number of carboxylic acid groups (broad SMARTS) is 1. The number of nitrogens with zero attached hydrogens (tertiary/aromatic N) is 2. The molecular weight excluding hydrogens is 474 g/mol. The van der Waals surface area contributed by atoms with Crippen molar-refractivity contribution in [3.63, 3.8) is 0 Å². The lowest BCUT2D eigenvalue weighted by Crippen LogP contribution is -2.54. The Kier molecular flexibility index (Phi) is 10.4. The molecular formula is C24H36ClN5O5. The van der Waals surface area contributed by atoms with Gasteiger partial charge in [0.25, 0.3) is 0 Å². The molecule has 0 saturated carbocycles. The molecule has 2 heterocycles. The SMILES string of the molecule is CNCC(CN1CCCC1=O)NC(=O)N1CCCC(C(OCCNC(=O)O)c2cccc(Cl)c2)C1. The molecule has 2 fully saturated rings. The van der Waals surface area contributed by atoms with Gasteiger partial charge in [0.1, 0.15) is 0 Å². The van der Waals surface area contributed by atoms with E-state index in [2.05, 4.69) is 16.0 Å². The van der Waals surface area contributed by atoms with E-state index in [9.17, 15) is 14.4 Å². The molecule has 3 unspecified atom stereocenters. The Bertz CT molecular complexity index is 872. The molecule has 1 aromatic carbocycles. The van der Waals surface area contributed by atoms with Crippen molar-refractivity contribution >= 4 is 29.6 Å². The topological polar surface area (TPSA) is 123 Å². The Morgan fingerprint density at radius 2 is 2.11 bits per heavy atom. The van der Waals surface area contributed by atoms with Gasteiger partial charge in [-0.2, -0.15) is 0 Å². The molecule has 2 aliphatic heterocycles. The van der Waals surface area contributed by atoms with E-state index in [1.807, 2.05) is 30.1 Å². The summed E-state index contributed by atoms with van der Waals surface area (Å²) in [5.41, 5.74) is 0.903. The number of benzene rings is 1. The predicted octanol–water partition coefficient (Wildman–Crippen LogP) is 2.30. The lowest BCUT2D eigenvalue weighted by Gasteiger charge is -2.38. The number of ether oxygens (including phenoxy) is 1. The molecule has 3 rings (SSSR count). The molecule has 0 radical (unpaired) electrons. The van der Waals surface area contributed by atoms with Gasteiger partial charge in [0.05, 0.1) is 18.8 Å². The van der Waals surface area contributed by atoms with Gasteiger partial charge in [-0.05, 0) is 44.0 Å². The lowest BCUT2D eigenvalue weighted by atomic mass is 9.88. The maximum absolute atomic E-state index is 13.2. The molecule has 2 saturated heterocycles. The summed E-state index contributed by atoms with van der Waals surface area (Å²) in [7, 11) is 1.83. The number of urea groups is 1. The van der Waals surface area contributed by atoms with Crippen LogP contribution in [0.25, 0.3) is 0 Å². The zero-order chi connectivity index (χ0) is 25.2. The van der Waals surface area contributed by atoms with Crippen LogP contribution >= 0.6 is 11.6 Å². The van der Waals surface area contributed by atoms with Crippen LogP contribution in [0, 0.1) is 5.92 Å². The van der Waals surface area contributed by atoms with Crippen LogP contribution in [0.1, 0.15) is 37.4 Å². The van der Waals surface area contributed by atoms with Gasteiger partial charge in [0.15, 0.2) is 0 Å². The molecule has 0 bridgehead atoms. The Balaban J connectivity index is 1.64. The second-order valence-corrected chi connectivity index (χ2v) is 9.51. The van der Waals surface area contributed by atoms with Crippen LogP contribution in [0.4, 0.5) is 9.59 Å². The van der Waals surface area contributed by atoms with Crippen LogP contribution in [-0.2, 0) is 9.53 Å². The minimum absolute atomic E-state index is 0.0284. The number of likely N-dealkylation sites (tertiary alicyclic amines) is 2. The Morgan fingerprint density at radius 3 is 2.80 bits per heavy atom. The van der Waals surface area contributed by atoms with Crippen molar-refractivity contribution in [3.05, 3.63) is 34.9 Å². The Morgan fingerprint density at radius 1 is 1.29 bits per heavy atom. The Labute approximate surface area is 211 Å². The zero-order valence-corrected chi connectivity index (χ0v) is 20.9. The molecule has 35 heavy (non-hydrogen) atoms. The summed E-state index contributed by atoms with van der Waals surface area (Å²) in [5, 5.41) is 17.9. The number of amides is 4. The van der Waals surface area contributed by atoms with Crippen LogP contribution in [0.3, 0.4) is 0 Å². The van der Waals surface area contributed by atoms with Gasteiger partial charge in [-0.25, -0.2) is 9.59 Å². The number of halogens is 1. The molecule has 0 aromatic heterocycles. The highest BCUT2D eigenvalue weighted by atomic mass is 35.5. The quantitative estimate of drug-likeness (QED) is 0.339. The van der Waals surface area contributed by atoms with E-state index in [0.29, 0.717) is 37.6 Å². The largest absolute Gasteiger partial charge is 0.465 e. The summed E-state index contributed by atoms with van der Waals surface area (Å²) in [4.78, 5) is 39.6. The molecule has 10 nitrogen and oxygen atoms in total. The standard InChI is InChI=1S/C24H36ClN5O5/c1-26-14-20(16-29-10-4-8-21(29)31)28-23(32)30-11-3-6-18(15-30)22(35-12-9-27-24(33)34)17-5-2-7-19(25)13-17/h2,5,7,13,18,20,22,26-27H,3-4,6,8-12,14-16H2,1H3,(H,28,32)(H,33,34). The normalized spacial score (nSPS) is 19.9. The first kappa shape index (κ1) is 27.0. The van der Waals surface area contributed by atoms with Crippen LogP contribution in [0.15, 0.2) is 24.3 Å². The van der Waals surface area contributed by atoms with Gasteiger partial charge in [-0.1, -0.05) is 23.7 Å². The maximum Gasteiger partial charge on any atom is 0.404 e. The third-order valence-electron chi connectivity index (χ3n) is 6.42. The summed E-state index contributed by atoms with van der Waals surface area (Å²) < 4.78 is 6.12. The molecule has 2 aliphatic rings. The van der Waals surface area contributed by atoms with Gasteiger partial charge >= 0.3 is 12.1 Å². The highest BCUT2D eigenvalue weighted by Crippen LogP contribution is 2.34. The fourth-order valence-electron chi connectivity index (χ4n) is 4.81. The number of carbonyl (C=O) groups is 3. The average Bonchev–Trinajstić information content (AvgIpc) is 3.23. The van der Waals surface area contributed by atoms with Crippen molar-refractivity contribution in [1.82, 2.24) is 25.8 Å². The van der Waals surface area contributed by atoms with Gasteiger partial charge < -0.3 is 35.6 Å². The fraction of sp³-hybridized carbons (Fsp3) is 0.625. The second-order valence-electron chi connectivity index (χ2n) is 9.07. The number of piperidine rings is 1. The summed E-state index contributed by atoms with van der Waals surface area (Å²) in [6.07, 6.45) is 1.71. The van der Waals surface area contributed by atoms with Gasteiger partial charge in [-0.15, -0.1) is 0 Å². The molecule has 0 aliphatic carbocycles. The number of hydrogen-bond donors (Lipinski definition) is 4. The molecule has 4 N–H and O–H groups in total. The lowest BCUT2D eigenvalue weighted by molar-refractivity contribution is -0.127. The number of rotatable bonds is 11. The third-order valence-corrected chi connectivity index (χ3v) is 6.65. The van der Waals surface area contributed by atoms with Gasteiger partial charge in [0.2, 0.25) is 5.91 Å². The van der Waals surface area contributed by atoms with Crippen LogP contribution in [0.5, 0.6) is 0 Å². The summed E-state index contributed by atoms with van der Waals surface area (Å²) in [5.74, 6) is 0.165. The van der Waals surface area contributed by atoms with E-state index >= 15 is 0 Å². The smallest absolute Gasteiger partial charge is 0.404 e. The van der Waals surface area contributed by atoms with Crippen molar-refractivity contribution in [2.45, 2.75) is 37.8 Å². The van der Waals surface area contributed by atoms with Gasteiger partial charge in [-0.3, -0.25) is 4.79 Å². The fourth-order valence-corrected chi connectivity index (χ4v) is 5.01. The predicted molar refractivity (Wildman–Crippen MR) is 133 cm³/mol. The first-order valence-corrected chi connectivity index (χ1v) is 12.6. The van der Waals surface area contributed by atoms with Crippen LogP contribution in [0.2, 0.25) is 5.02 Å². The van der Waals surface area contributed by atoms with Crippen molar-refractivity contribution < 1.29 is 24.2 Å². The van der Waals surface area contributed by atoms with Crippen molar-refractivity contribution in [2.24, 2.45) is 5.92 Å². The number of hydrogen-bond acceptors (Lipinski definition) is 5. The summed E-state index contributed by atoms with van der Waals surface area (Å²) in [6, 6.07) is 7.11. The van der Waals surface area contributed by atoms with Crippen LogP contribution < -0.4 is 16.0 Å². The van der Waals surface area contributed by atoms with E-state index in [1.165, 1.54) is 0 Å². The summed E-state index contributed by atoms with van der Waals surface area (Å²) >= 11 is 6.22. The van der Waals surface area contributed by atoms with Crippen molar-refractivity contribution in [1.29, 1.82) is 0 Å². The van der Waals surface area contributed by atoms with E-state index < -0.39 is 6.09 Å². The van der Waals surface area contributed by atoms with Gasteiger partial charge in [0, 0.05) is 56.6 Å². The van der Waals surface area contributed by atoms with Crippen molar-refractivity contribution in [2.75, 3.05) is 52.9 Å². The molecule has 3 atom stereocenters. The van der Waals surface area contributed by atoms with Crippen LogP contribution in [-0.4, -0.2) is 91.9 Å². The second kappa shape index (κ2) is 13.5. The van der Waals surface area contributed by atoms with E-state index in [-0.39, 0.29) is 43.2 Å². The van der Waals surface area contributed by atoms with E-state index in [4.69, 9.17) is 21.4 Å². The van der Waals surface area contributed by atoms with E-state index in [0.717, 1.165) is 31.4 Å². The number of likely N-dealkylation sites (N-methyl/N-ethyl adjacent to an activating group) is 1. The highest BCUT2D eigenvalue weighted by Gasteiger charge is 2.32. The summed E-state index contributed by atoms with van der Waals surface area (Å²) in [6.45, 7) is 3.32. The van der Waals surface area contributed by atoms with Crippen molar-refractivity contribution in [3.8, 4) is 0 Å². The zero-order valence-electron chi connectivity index (χ0n) is 20.2. The first-order chi connectivity index (χ1) is 16.9. The molecule has 11 heteroatoms. The molecule has 4 amide bonds. The first-order valence-electron chi connectivity index (χ1n) is 12.2. The molecule has 0 spiro atoms. The monoisotopic (exact) mass is 509 g/mol. The molecule has 194 valence electrons. The number of nitrogens with one attached hydrogen (secondary N) is 3. The minimum Gasteiger partial charge on any atom is -0.465 e. The molecule has 1 aromatic rings. The minimum atomic E-state index is -1.10. The Hall–Kier alpha value is -2.56. The highest BCUT2D eigenvalue weighted by molar-refractivity contribution is 6.30.